The molecule has 0 aliphatic carbocycles. The Kier molecular flexibility index (Phi) is 6.52. The van der Waals surface area contributed by atoms with Crippen LogP contribution in [0.15, 0.2) is 24.3 Å². The third-order valence-corrected chi connectivity index (χ3v) is 3.16. The van der Waals surface area contributed by atoms with E-state index in [0.29, 0.717) is 17.8 Å². The number of nitrogens with zero attached hydrogens (tertiary/aromatic N) is 1. The second-order valence-corrected chi connectivity index (χ2v) is 5.52. The third-order valence-electron chi connectivity index (χ3n) is 3.16. The summed E-state index contributed by atoms with van der Waals surface area (Å²) >= 11 is 0. The topological polar surface area (TPSA) is 69.6 Å². The maximum Gasteiger partial charge on any atom is 0.238 e. The average molecular weight is 292 g/mol. The van der Waals surface area contributed by atoms with Crippen molar-refractivity contribution < 1.29 is 14.7 Å². The van der Waals surface area contributed by atoms with Crippen LogP contribution in [0, 0.1) is 0 Å². The van der Waals surface area contributed by atoms with Gasteiger partial charge in [0.25, 0.3) is 0 Å². The summed E-state index contributed by atoms with van der Waals surface area (Å²) < 4.78 is 0. The van der Waals surface area contributed by atoms with E-state index in [0.717, 1.165) is 0 Å². The van der Waals surface area contributed by atoms with E-state index in [2.05, 4.69) is 5.32 Å². The lowest BCUT2D eigenvalue weighted by Crippen LogP contribution is -2.41. The highest BCUT2D eigenvalue weighted by Gasteiger charge is 2.17. The van der Waals surface area contributed by atoms with Crippen molar-refractivity contribution >= 4 is 17.4 Å². The number of carbonyl (C=O) groups is 2. The second-order valence-electron chi connectivity index (χ2n) is 5.52. The molecule has 0 bridgehead atoms. The predicted octanol–water partition coefficient (Wildman–Crippen LogP) is 1.92. The van der Waals surface area contributed by atoms with Gasteiger partial charge in [0.1, 0.15) is 0 Å². The number of para-hydroxylation sites is 1. The number of hydrogen-bond acceptors (Lipinski definition) is 4. The van der Waals surface area contributed by atoms with Crippen LogP contribution < -0.4 is 5.32 Å². The van der Waals surface area contributed by atoms with Crippen molar-refractivity contribution in [1.29, 1.82) is 0 Å². The minimum absolute atomic E-state index is 0.0874. The number of amides is 1. The first-order valence-corrected chi connectivity index (χ1v) is 7.13. The van der Waals surface area contributed by atoms with Crippen molar-refractivity contribution in [3.05, 3.63) is 29.8 Å². The molecule has 1 amide bonds. The van der Waals surface area contributed by atoms with E-state index in [1.807, 2.05) is 18.7 Å². The Morgan fingerprint density at radius 2 is 1.86 bits per heavy atom. The molecule has 0 spiro atoms. The molecular weight excluding hydrogens is 268 g/mol. The molecule has 116 valence electrons. The average Bonchev–Trinajstić information content (AvgIpc) is 2.37. The Labute approximate surface area is 126 Å². The molecule has 0 saturated carbocycles. The summed E-state index contributed by atoms with van der Waals surface area (Å²) in [5.74, 6) is -0.284. The number of hydrogen-bond donors (Lipinski definition) is 2. The molecule has 5 nitrogen and oxygen atoms in total. The first kappa shape index (κ1) is 17.3. The summed E-state index contributed by atoms with van der Waals surface area (Å²) in [6.45, 7) is 7.71. The predicted molar refractivity (Wildman–Crippen MR) is 83.5 cm³/mol. The molecule has 0 saturated heterocycles. The zero-order valence-corrected chi connectivity index (χ0v) is 13.1. The molecule has 0 radical (unpaired) electrons. The maximum absolute atomic E-state index is 12.1. The maximum atomic E-state index is 12.1. The van der Waals surface area contributed by atoms with Crippen LogP contribution in [0.3, 0.4) is 0 Å². The molecule has 1 rings (SSSR count). The SMILES string of the molecule is CC(=O)c1ccccc1NC(=O)CN(CC(C)O)C(C)C. The lowest BCUT2D eigenvalue weighted by Gasteiger charge is -2.27. The molecular formula is C16H24N2O3. The number of anilines is 1. The molecule has 1 aromatic carbocycles. The molecule has 0 fully saturated rings. The van der Waals surface area contributed by atoms with E-state index in [1.54, 1.807) is 31.2 Å². The van der Waals surface area contributed by atoms with Crippen LogP contribution in [0.2, 0.25) is 0 Å². The van der Waals surface area contributed by atoms with Gasteiger partial charge >= 0.3 is 0 Å². The number of aliphatic hydroxyl groups excluding tert-OH is 1. The highest BCUT2D eigenvalue weighted by Crippen LogP contribution is 2.15. The smallest absolute Gasteiger partial charge is 0.238 e. The minimum atomic E-state index is -0.496. The highest BCUT2D eigenvalue weighted by atomic mass is 16.3. The number of ketones is 1. The van der Waals surface area contributed by atoms with E-state index in [9.17, 15) is 14.7 Å². The molecule has 2 N–H and O–H groups in total. The van der Waals surface area contributed by atoms with Gasteiger partial charge < -0.3 is 10.4 Å². The Morgan fingerprint density at radius 1 is 1.24 bits per heavy atom. The fourth-order valence-electron chi connectivity index (χ4n) is 2.07. The molecule has 1 aromatic rings. The molecule has 5 heteroatoms. The van der Waals surface area contributed by atoms with Crippen LogP contribution in [0.4, 0.5) is 5.69 Å². The molecule has 0 aromatic heterocycles. The zero-order chi connectivity index (χ0) is 16.0. The fourth-order valence-corrected chi connectivity index (χ4v) is 2.07. The fraction of sp³-hybridized carbons (Fsp3) is 0.500. The molecule has 21 heavy (non-hydrogen) atoms. The lowest BCUT2D eigenvalue weighted by molar-refractivity contribution is -0.118. The number of aliphatic hydroxyl groups is 1. The van der Waals surface area contributed by atoms with E-state index in [1.165, 1.54) is 6.92 Å². The van der Waals surface area contributed by atoms with Crippen molar-refractivity contribution in [2.24, 2.45) is 0 Å². The quantitative estimate of drug-likeness (QED) is 0.753. The van der Waals surface area contributed by atoms with Crippen LogP contribution in [0.25, 0.3) is 0 Å². The highest BCUT2D eigenvalue weighted by molar-refractivity contribution is 6.04. The van der Waals surface area contributed by atoms with Gasteiger partial charge in [0, 0.05) is 18.2 Å². The van der Waals surface area contributed by atoms with Crippen LogP contribution >= 0.6 is 0 Å². The Hall–Kier alpha value is -1.72. The summed E-state index contributed by atoms with van der Waals surface area (Å²) in [6.07, 6.45) is -0.496. The number of nitrogens with one attached hydrogen (secondary N) is 1. The van der Waals surface area contributed by atoms with E-state index in [4.69, 9.17) is 0 Å². The monoisotopic (exact) mass is 292 g/mol. The van der Waals surface area contributed by atoms with Gasteiger partial charge in [-0.05, 0) is 39.8 Å². The van der Waals surface area contributed by atoms with Crippen LogP contribution in [-0.2, 0) is 4.79 Å². The Balaban J connectivity index is 2.75. The number of benzene rings is 1. The van der Waals surface area contributed by atoms with Gasteiger partial charge in [-0.25, -0.2) is 0 Å². The normalized spacial score (nSPS) is 12.5. The van der Waals surface area contributed by atoms with Gasteiger partial charge in [-0.2, -0.15) is 0 Å². The number of Topliss-reactive ketones (excluding diaryl/α,β-unsaturated/α-hetero) is 1. The second kappa shape index (κ2) is 7.90. The first-order valence-electron chi connectivity index (χ1n) is 7.13. The van der Waals surface area contributed by atoms with E-state index in [-0.39, 0.29) is 24.3 Å². The third kappa shape index (κ3) is 5.65. The zero-order valence-electron chi connectivity index (χ0n) is 13.1. The number of rotatable bonds is 7. The Morgan fingerprint density at radius 3 is 2.38 bits per heavy atom. The van der Waals surface area contributed by atoms with Crippen molar-refractivity contribution in [2.45, 2.75) is 39.8 Å². The van der Waals surface area contributed by atoms with Crippen LogP contribution in [-0.4, -0.2) is 46.9 Å². The molecule has 1 atom stereocenters. The summed E-state index contributed by atoms with van der Waals surface area (Å²) in [5, 5.41) is 12.2. The summed E-state index contributed by atoms with van der Waals surface area (Å²) in [5.41, 5.74) is 1.02. The molecule has 0 aliphatic rings. The van der Waals surface area contributed by atoms with Gasteiger partial charge in [-0.15, -0.1) is 0 Å². The lowest BCUT2D eigenvalue weighted by atomic mass is 10.1. The van der Waals surface area contributed by atoms with Crippen molar-refractivity contribution in [3.63, 3.8) is 0 Å². The minimum Gasteiger partial charge on any atom is -0.392 e. The largest absolute Gasteiger partial charge is 0.392 e. The molecule has 0 aliphatic heterocycles. The van der Waals surface area contributed by atoms with Crippen molar-refractivity contribution in [2.75, 3.05) is 18.4 Å². The summed E-state index contributed by atoms with van der Waals surface area (Å²) in [7, 11) is 0. The first-order chi connectivity index (χ1) is 9.81. The summed E-state index contributed by atoms with van der Waals surface area (Å²) in [4.78, 5) is 25.6. The van der Waals surface area contributed by atoms with E-state index < -0.39 is 6.10 Å². The molecule has 0 heterocycles. The van der Waals surface area contributed by atoms with Crippen LogP contribution in [0.1, 0.15) is 38.1 Å². The standard InChI is InChI=1S/C16H24N2O3/c1-11(2)18(9-12(3)19)10-16(21)17-15-8-6-5-7-14(15)13(4)20/h5-8,11-12,19H,9-10H2,1-4H3,(H,17,21). The molecule has 1 unspecified atom stereocenters. The van der Waals surface area contributed by atoms with Crippen LogP contribution in [0.5, 0.6) is 0 Å². The van der Waals surface area contributed by atoms with Gasteiger partial charge in [0.2, 0.25) is 5.91 Å². The van der Waals surface area contributed by atoms with Gasteiger partial charge in [-0.1, -0.05) is 12.1 Å². The van der Waals surface area contributed by atoms with Crippen molar-refractivity contribution in [3.8, 4) is 0 Å². The van der Waals surface area contributed by atoms with Gasteiger partial charge in [0.15, 0.2) is 5.78 Å². The van der Waals surface area contributed by atoms with Gasteiger partial charge in [0.05, 0.1) is 18.3 Å². The van der Waals surface area contributed by atoms with Crippen molar-refractivity contribution in [1.82, 2.24) is 4.90 Å². The number of carbonyl (C=O) groups excluding carboxylic acids is 2. The summed E-state index contributed by atoms with van der Waals surface area (Å²) in [6, 6.07) is 7.09. The van der Waals surface area contributed by atoms with Gasteiger partial charge in [-0.3, -0.25) is 14.5 Å². The van der Waals surface area contributed by atoms with E-state index >= 15 is 0 Å². The Bertz CT molecular complexity index is 498.